The van der Waals surface area contributed by atoms with E-state index in [1.807, 2.05) is 0 Å². The third-order valence-electron chi connectivity index (χ3n) is 2.59. The third-order valence-corrected chi connectivity index (χ3v) is 2.59. The van der Waals surface area contributed by atoms with Crippen LogP contribution < -0.4 is 0 Å². The Morgan fingerprint density at radius 3 is 2.45 bits per heavy atom. The van der Waals surface area contributed by atoms with Crippen molar-refractivity contribution in [3.05, 3.63) is 75.3 Å². The molecule has 0 aliphatic carbocycles. The van der Waals surface area contributed by atoms with Crippen molar-refractivity contribution in [2.75, 3.05) is 0 Å². The Balaban J connectivity index is 2.11. The van der Waals surface area contributed by atoms with Crippen LogP contribution >= 0.6 is 0 Å². The van der Waals surface area contributed by atoms with Crippen LogP contribution in [0.3, 0.4) is 0 Å². The lowest BCUT2D eigenvalue weighted by Crippen LogP contribution is -2.07. The molecular weight excluding hydrogens is 298 g/mol. The summed E-state index contributed by atoms with van der Waals surface area (Å²) in [7, 11) is 0. The summed E-state index contributed by atoms with van der Waals surface area (Å²) < 4.78 is 26.7. The number of nitro benzene ring substituents is 1. The van der Waals surface area contributed by atoms with Gasteiger partial charge in [0.15, 0.2) is 0 Å². The number of benzene rings is 2. The van der Waals surface area contributed by atoms with E-state index in [1.54, 1.807) is 0 Å². The average molecular weight is 306 g/mol. The normalized spacial score (nSPS) is 10.6. The Hall–Kier alpha value is -3.16. The Labute approximate surface area is 122 Å². The number of halogens is 2. The number of non-ortho nitro benzene ring substituents is 1. The fourth-order valence-electron chi connectivity index (χ4n) is 1.59. The van der Waals surface area contributed by atoms with Gasteiger partial charge in [-0.25, -0.2) is 13.6 Å². The van der Waals surface area contributed by atoms with E-state index in [0.29, 0.717) is 0 Å². The van der Waals surface area contributed by atoms with Crippen molar-refractivity contribution in [3.8, 4) is 0 Å². The average Bonchev–Trinajstić information content (AvgIpc) is 2.47. The van der Waals surface area contributed by atoms with Gasteiger partial charge in [-0.2, -0.15) is 0 Å². The van der Waals surface area contributed by atoms with Gasteiger partial charge in [-0.1, -0.05) is 23.4 Å². The molecule has 2 rings (SSSR count). The predicted molar refractivity (Wildman–Crippen MR) is 72.5 cm³/mol. The summed E-state index contributed by atoms with van der Waals surface area (Å²) >= 11 is 0. The highest BCUT2D eigenvalue weighted by molar-refractivity contribution is 5.90. The Bertz CT molecular complexity index is 742. The molecule has 0 aromatic heterocycles. The first-order chi connectivity index (χ1) is 10.5. The number of hydrogen-bond donors (Lipinski definition) is 0. The molecule has 2 aromatic rings. The summed E-state index contributed by atoms with van der Waals surface area (Å²) in [6.45, 7) is 0. The molecular formula is C14H8F2N2O4. The maximum atomic E-state index is 13.3. The highest BCUT2D eigenvalue weighted by Crippen LogP contribution is 2.14. The summed E-state index contributed by atoms with van der Waals surface area (Å²) in [4.78, 5) is 25.9. The highest BCUT2D eigenvalue weighted by Gasteiger charge is 2.18. The molecule has 0 atom stereocenters. The second-order valence-electron chi connectivity index (χ2n) is 4.06. The molecule has 0 heterocycles. The minimum absolute atomic E-state index is 0.171. The van der Waals surface area contributed by atoms with Crippen molar-refractivity contribution < 1.29 is 23.3 Å². The second-order valence-corrected chi connectivity index (χ2v) is 4.06. The van der Waals surface area contributed by atoms with Crippen LogP contribution in [0.2, 0.25) is 0 Å². The van der Waals surface area contributed by atoms with Crippen molar-refractivity contribution in [2.24, 2.45) is 5.16 Å². The fraction of sp³-hybridized carbons (Fsp3) is 0. The van der Waals surface area contributed by atoms with Crippen LogP contribution in [0, 0.1) is 21.7 Å². The van der Waals surface area contributed by atoms with Crippen molar-refractivity contribution in [3.63, 3.8) is 0 Å². The second kappa shape index (κ2) is 6.53. The van der Waals surface area contributed by atoms with E-state index < -0.39 is 28.1 Å². The van der Waals surface area contributed by atoms with Crippen LogP contribution in [-0.4, -0.2) is 17.1 Å². The topological polar surface area (TPSA) is 81.8 Å². The Morgan fingerprint density at radius 2 is 1.82 bits per heavy atom. The first-order valence-electron chi connectivity index (χ1n) is 5.92. The molecule has 8 heteroatoms. The molecule has 0 aliphatic rings. The van der Waals surface area contributed by atoms with Gasteiger partial charge in [0.2, 0.25) is 0 Å². The summed E-state index contributed by atoms with van der Waals surface area (Å²) in [5.41, 5.74) is -0.745. The molecule has 0 fully saturated rings. The van der Waals surface area contributed by atoms with Gasteiger partial charge in [-0.3, -0.25) is 10.1 Å². The van der Waals surface area contributed by atoms with Gasteiger partial charge in [-0.05, 0) is 12.1 Å². The zero-order valence-corrected chi connectivity index (χ0v) is 10.9. The van der Waals surface area contributed by atoms with Crippen LogP contribution in [-0.2, 0) is 4.84 Å². The number of hydrogen-bond acceptors (Lipinski definition) is 5. The molecule has 0 spiro atoms. The predicted octanol–water partition coefficient (Wildman–Crippen LogP) is 3.06. The lowest BCUT2D eigenvalue weighted by atomic mass is 10.2. The molecule has 0 saturated heterocycles. The quantitative estimate of drug-likeness (QED) is 0.376. The number of rotatable bonds is 4. The summed E-state index contributed by atoms with van der Waals surface area (Å²) in [6, 6.07) is 8.28. The molecule has 0 radical (unpaired) electrons. The molecule has 6 nitrogen and oxygen atoms in total. The molecule has 0 aliphatic heterocycles. The minimum atomic E-state index is -1.31. The van der Waals surface area contributed by atoms with Gasteiger partial charge in [0.05, 0.1) is 11.1 Å². The smallest absolute Gasteiger partial charge is 0.313 e. The number of carbonyl (C=O) groups excluding carboxylic acids is 1. The van der Waals surface area contributed by atoms with Crippen LogP contribution in [0.4, 0.5) is 14.5 Å². The van der Waals surface area contributed by atoms with E-state index in [1.165, 1.54) is 24.3 Å². The Morgan fingerprint density at radius 1 is 1.18 bits per heavy atom. The SMILES string of the molecule is O=C(O/N=C\c1cccc([N+](=O)[O-])c1)c1c(F)cccc1F. The molecule has 0 unspecified atom stereocenters. The van der Waals surface area contributed by atoms with Crippen LogP contribution in [0.5, 0.6) is 0 Å². The van der Waals surface area contributed by atoms with E-state index in [-0.39, 0.29) is 11.3 Å². The van der Waals surface area contributed by atoms with Gasteiger partial charge >= 0.3 is 5.97 Å². The number of carbonyl (C=O) groups is 1. The first-order valence-corrected chi connectivity index (χ1v) is 5.92. The van der Waals surface area contributed by atoms with Gasteiger partial charge in [0.25, 0.3) is 5.69 Å². The first kappa shape index (κ1) is 15.2. The van der Waals surface area contributed by atoms with Crippen LogP contribution in [0.1, 0.15) is 15.9 Å². The highest BCUT2D eigenvalue weighted by atomic mass is 19.1. The fourth-order valence-corrected chi connectivity index (χ4v) is 1.59. The van der Waals surface area contributed by atoms with Crippen molar-refractivity contribution in [1.29, 1.82) is 0 Å². The Kier molecular flexibility index (Phi) is 4.52. The number of nitrogens with zero attached hydrogens (tertiary/aromatic N) is 2. The van der Waals surface area contributed by atoms with Crippen LogP contribution in [0.15, 0.2) is 47.6 Å². The molecule has 0 amide bonds. The van der Waals surface area contributed by atoms with E-state index in [4.69, 9.17) is 0 Å². The molecule has 0 saturated carbocycles. The standard InChI is InChI=1S/C14H8F2N2O4/c15-11-5-2-6-12(16)13(11)14(19)22-17-8-9-3-1-4-10(7-9)18(20)21/h1-8H/b17-8-. The molecule has 112 valence electrons. The van der Waals surface area contributed by atoms with Crippen molar-refractivity contribution in [2.45, 2.75) is 0 Å². The van der Waals surface area contributed by atoms with Crippen molar-refractivity contribution >= 4 is 17.9 Å². The zero-order chi connectivity index (χ0) is 16.1. The lowest BCUT2D eigenvalue weighted by Gasteiger charge is -2.01. The molecule has 0 bridgehead atoms. The van der Waals surface area contributed by atoms with Crippen molar-refractivity contribution in [1.82, 2.24) is 0 Å². The third kappa shape index (κ3) is 3.48. The minimum Gasteiger partial charge on any atom is -0.313 e. The van der Waals surface area contributed by atoms with E-state index in [2.05, 4.69) is 9.99 Å². The molecule has 2 aromatic carbocycles. The largest absolute Gasteiger partial charge is 0.371 e. The molecule has 22 heavy (non-hydrogen) atoms. The summed E-state index contributed by atoms with van der Waals surface area (Å²) in [5, 5.41) is 13.9. The van der Waals surface area contributed by atoms with Gasteiger partial charge in [-0.15, -0.1) is 0 Å². The summed E-state index contributed by atoms with van der Waals surface area (Å²) in [5.74, 6) is -3.46. The van der Waals surface area contributed by atoms with Gasteiger partial charge < -0.3 is 4.84 Å². The van der Waals surface area contributed by atoms with E-state index in [0.717, 1.165) is 24.4 Å². The van der Waals surface area contributed by atoms with Crippen LogP contribution in [0.25, 0.3) is 0 Å². The lowest BCUT2D eigenvalue weighted by molar-refractivity contribution is -0.384. The van der Waals surface area contributed by atoms with E-state index in [9.17, 15) is 23.7 Å². The van der Waals surface area contributed by atoms with Gasteiger partial charge in [0.1, 0.15) is 17.2 Å². The number of oxime groups is 1. The monoisotopic (exact) mass is 306 g/mol. The zero-order valence-electron chi connectivity index (χ0n) is 10.9. The van der Waals surface area contributed by atoms with Gasteiger partial charge in [0, 0.05) is 17.7 Å². The summed E-state index contributed by atoms with van der Waals surface area (Å²) in [6.07, 6.45) is 1.02. The maximum absolute atomic E-state index is 13.3. The number of nitro groups is 1. The molecule has 0 N–H and O–H groups in total. The van der Waals surface area contributed by atoms with E-state index >= 15 is 0 Å². The maximum Gasteiger partial charge on any atom is 0.371 e.